The molecule has 0 saturated heterocycles. The molecule has 0 aliphatic rings. The highest BCUT2D eigenvalue weighted by molar-refractivity contribution is 9.10. The lowest BCUT2D eigenvalue weighted by Gasteiger charge is -2.18. The zero-order valence-electron chi connectivity index (χ0n) is 8.36. The number of nitriles is 1. The fourth-order valence-corrected chi connectivity index (χ4v) is 3.00. The molecular weight excluding hydrogens is 261 g/mol. The Morgan fingerprint density at radius 1 is 1.36 bits per heavy atom. The summed E-state index contributed by atoms with van der Waals surface area (Å²) >= 11 is 3.16. The van der Waals surface area contributed by atoms with Gasteiger partial charge in [-0.1, -0.05) is 25.7 Å². The van der Waals surface area contributed by atoms with Crippen LogP contribution in [-0.4, -0.2) is 8.07 Å². The van der Waals surface area contributed by atoms with Crippen LogP contribution in [0.2, 0.25) is 19.6 Å². The van der Waals surface area contributed by atoms with Gasteiger partial charge in [-0.3, -0.25) is 0 Å². The Kier molecular flexibility index (Phi) is 3.13. The molecule has 14 heavy (non-hydrogen) atoms. The SMILES string of the molecule is C[Si](C)(C)c1ccc(Br)c(C#N)c1F. The van der Waals surface area contributed by atoms with Crippen LogP contribution in [0.5, 0.6) is 0 Å². The van der Waals surface area contributed by atoms with Crippen molar-refractivity contribution in [2.24, 2.45) is 0 Å². The third kappa shape index (κ3) is 2.05. The summed E-state index contributed by atoms with van der Waals surface area (Å²) in [6.07, 6.45) is 0. The molecule has 0 N–H and O–H groups in total. The van der Waals surface area contributed by atoms with E-state index in [2.05, 4.69) is 35.6 Å². The van der Waals surface area contributed by atoms with E-state index in [1.165, 1.54) is 0 Å². The summed E-state index contributed by atoms with van der Waals surface area (Å²) in [5, 5.41) is 9.49. The molecule has 0 aliphatic carbocycles. The summed E-state index contributed by atoms with van der Waals surface area (Å²) in [6.45, 7) is 6.17. The number of benzene rings is 1. The molecule has 0 radical (unpaired) electrons. The molecule has 0 aromatic heterocycles. The van der Waals surface area contributed by atoms with Crippen LogP contribution < -0.4 is 5.19 Å². The number of hydrogen-bond donors (Lipinski definition) is 0. The summed E-state index contributed by atoms with van der Waals surface area (Å²) < 4.78 is 14.3. The smallest absolute Gasteiger partial charge is 0.141 e. The highest BCUT2D eigenvalue weighted by Crippen LogP contribution is 2.19. The van der Waals surface area contributed by atoms with Crippen LogP contribution >= 0.6 is 15.9 Å². The van der Waals surface area contributed by atoms with Gasteiger partial charge in [0, 0.05) is 4.47 Å². The molecule has 1 aromatic rings. The molecule has 4 heteroatoms. The largest absolute Gasteiger partial charge is 0.206 e. The third-order valence-corrected chi connectivity index (χ3v) is 4.67. The van der Waals surface area contributed by atoms with Crippen molar-refractivity contribution in [3.05, 3.63) is 28.0 Å². The fraction of sp³-hybridized carbons (Fsp3) is 0.300. The Balaban J connectivity index is 3.46. The van der Waals surface area contributed by atoms with Crippen molar-refractivity contribution in [2.75, 3.05) is 0 Å². The number of nitrogens with zero attached hydrogens (tertiary/aromatic N) is 1. The van der Waals surface area contributed by atoms with Crippen LogP contribution in [0.15, 0.2) is 16.6 Å². The quantitative estimate of drug-likeness (QED) is 0.721. The van der Waals surface area contributed by atoms with Gasteiger partial charge in [0.25, 0.3) is 0 Å². The van der Waals surface area contributed by atoms with Gasteiger partial charge in [0.15, 0.2) is 0 Å². The van der Waals surface area contributed by atoms with Gasteiger partial charge in [-0.15, -0.1) is 0 Å². The molecule has 0 atom stereocenters. The van der Waals surface area contributed by atoms with Gasteiger partial charge >= 0.3 is 0 Å². The summed E-state index contributed by atoms with van der Waals surface area (Å²) in [4.78, 5) is 0. The lowest BCUT2D eigenvalue weighted by atomic mass is 10.2. The van der Waals surface area contributed by atoms with E-state index in [4.69, 9.17) is 5.26 Å². The molecular formula is C10H11BrFNSi. The second-order valence-corrected chi connectivity index (χ2v) is 10.0. The van der Waals surface area contributed by atoms with Crippen molar-refractivity contribution in [1.29, 1.82) is 5.26 Å². The Labute approximate surface area is 92.7 Å². The average Bonchev–Trinajstić information content (AvgIpc) is 2.02. The Morgan fingerprint density at radius 3 is 2.36 bits per heavy atom. The highest BCUT2D eigenvalue weighted by Gasteiger charge is 2.23. The van der Waals surface area contributed by atoms with Crippen molar-refractivity contribution >= 4 is 29.2 Å². The first-order valence-corrected chi connectivity index (χ1v) is 8.56. The second kappa shape index (κ2) is 3.83. The van der Waals surface area contributed by atoms with E-state index in [0.717, 1.165) is 0 Å². The lowest BCUT2D eigenvalue weighted by molar-refractivity contribution is 0.630. The van der Waals surface area contributed by atoms with Gasteiger partial charge in [-0.25, -0.2) is 4.39 Å². The minimum atomic E-state index is -1.70. The molecule has 0 saturated carbocycles. The lowest BCUT2D eigenvalue weighted by Crippen LogP contribution is -2.40. The van der Waals surface area contributed by atoms with Crippen molar-refractivity contribution in [2.45, 2.75) is 19.6 Å². The summed E-state index contributed by atoms with van der Waals surface area (Å²) in [6, 6.07) is 5.39. The van der Waals surface area contributed by atoms with Gasteiger partial charge in [-0.05, 0) is 27.2 Å². The van der Waals surface area contributed by atoms with E-state index in [1.807, 2.05) is 6.07 Å². The maximum Gasteiger partial charge on any atom is 0.141 e. The zero-order chi connectivity index (χ0) is 10.9. The summed E-state index contributed by atoms with van der Waals surface area (Å²) in [5.74, 6) is -0.360. The van der Waals surface area contributed by atoms with Crippen molar-refractivity contribution in [3.63, 3.8) is 0 Å². The zero-order valence-corrected chi connectivity index (χ0v) is 10.9. The monoisotopic (exact) mass is 271 g/mol. The molecule has 0 amide bonds. The fourth-order valence-electron chi connectivity index (χ4n) is 1.23. The van der Waals surface area contributed by atoms with Gasteiger partial charge < -0.3 is 0 Å². The molecule has 0 heterocycles. The molecule has 74 valence electrons. The van der Waals surface area contributed by atoms with Gasteiger partial charge in [0.2, 0.25) is 0 Å². The maximum absolute atomic E-state index is 13.8. The molecule has 1 aromatic carbocycles. The van der Waals surface area contributed by atoms with E-state index in [9.17, 15) is 4.39 Å². The first-order valence-electron chi connectivity index (χ1n) is 4.26. The molecule has 1 nitrogen and oxygen atoms in total. The molecule has 0 fully saturated rings. The molecule has 0 spiro atoms. The standard InChI is InChI=1S/C10H11BrFNSi/c1-14(2,3)9-5-4-8(11)7(6-13)10(9)12/h4-5H,1-3H3. The average molecular weight is 272 g/mol. The maximum atomic E-state index is 13.8. The molecule has 0 aliphatic heterocycles. The first-order chi connectivity index (χ1) is 6.38. The van der Waals surface area contributed by atoms with Crippen LogP contribution in [0.3, 0.4) is 0 Å². The minimum Gasteiger partial charge on any atom is -0.206 e. The van der Waals surface area contributed by atoms with E-state index in [1.54, 1.807) is 12.1 Å². The highest BCUT2D eigenvalue weighted by atomic mass is 79.9. The van der Waals surface area contributed by atoms with Crippen LogP contribution in [0.4, 0.5) is 4.39 Å². The normalized spacial score (nSPS) is 11.1. The van der Waals surface area contributed by atoms with E-state index < -0.39 is 8.07 Å². The van der Waals surface area contributed by atoms with Crippen molar-refractivity contribution in [3.8, 4) is 6.07 Å². The summed E-state index contributed by atoms with van der Waals surface area (Å²) in [7, 11) is -1.70. The predicted molar refractivity (Wildman–Crippen MR) is 61.8 cm³/mol. The Bertz CT molecular complexity index is 404. The van der Waals surface area contributed by atoms with E-state index >= 15 is 0 Å². The van der Waals surface area contributed by atoms with Crippen molar-refractivity contribution in [1.82, 2.24) is 0 Å². The van der Waals surface area contributed by atoms with Crippen LogP contribution in [0.1, 0.15) is 5.56 Å². The first kappa shape index (κ1) is 11.4. The van der Waals surface area contributed by atoms with Gasteiger partial charge in [0.05, 0.1) is 8.07 Å². The Hall–Kier alpha value is -0.663. The van der Waals surface area contributed by atoms with Crippen LogP contribution in [0, 0.1) is 17.1 Å². The van der Waals surface area contributed by atoms with Gasteiger partial charge in [-0.2, -0.15) is 5.26 Å². The number of rotatable bonds is 1. The van der Waals surface area contributed by atoms with E-state index in [0.29, 0.717) is 9.66 Å². The second-order valence-electron chi connectivity index (χ2n) is 4.15. The molecule has 0 unspecified atom stereocenters. The van der Waals surface area contributed by atoms with Crippen molar-refractivity contribution < 1.29 is 4.39 Å². The predicted octanol–water partition coefficient (Wildman–Crippen LogP) is 3.01. The number of halogens is 2. The molecule has 0 bridgehead atoms. The van der Waals surface area contributed by atoms with Crippen LogP contribution in [-0.2, 0) is 0 Å². The van der Waals surface area contributed by atoms with Gasteiger partial charge in [0.1, 0.15) is 17.4 Å². The summed E-state index contributed by atoms with van der Waals surface area (Å²) in [5.41, 5.74) is 0.116. The molecule has 1 rings (SSSR count). The minimum absolute atomic E-state index is 0.116. The van der Waals surface area contributed by atoms with Crippen LogP contribution in [0.25, 0.3) is 0 Å². The number of hydrogen-bond acceptors (Lipinski definition) is 1. The van der Waals surface area contributed by atoms with E-state index in [-0.39, 0.29) is 11.4 Å². The Morgan fingerprint density at radius 2 is 1.93 bits per heavy atom. The third-order valence-electron chi connectivity index (χ3n) is 2.01. The topological polar surface area (TPSA) is 23.8 Å².